The lowest BCUT2D eigenvalue weighted by Crippen LogP contribution is -2.46. The Labute approximate surface area is 137 Å². The van der Waals surface area contributed by atoms with E-state index in [9.17, 15) is 14.7 Å². The van der Waals surface area contributed by atoms with Crippen LogP contribution in [0.3, 0.4) is 0 Å². The number of aliphatic hydroxyl groups is 1. The van der Waals surface area contributed by atoms with Gasteiger partial charge in [0.1, 0.15) is 12.4 Å². The number of hydrogen-bond acceptors (Lipinski definition) is 5. The third kappa shape index (κ3) is 4.80. The van der Waals surface area contributed by atoms with Crippen molar-refractivity contribution in [3.63, 3.8) is 0 Å². The van der Waals surface area contributed by atoms with E-state index in [1.165, 1.54) is 0 Å². The number of carboxylic acids is 1. The van der Waals surface area contributed by atoms with Gasteiger partial charge in [-0.2, -0.15) is 0 Å². The van der Waals surface area contributed by atoms with E-state index in [-0.39, 0.29) is 6.54 Å². The molecule has 1 aromatic carbocycles. The first-order chi connectivity index (χ1) is 10.9. The summed E-state index contributed by atoms with van der Waals surface area (Å²) in [5.41, 5.74) is -1.68. The number of carbonyl (C=O) groups excluding carboxylic acids is 1. The summed E-state index contributed by atoms with van der Waals surface area (Å²) < 4.78 is 5.61. The second-order valence-corrected chi connectivity index (χ2v) is 6.19. The van der Waals surface area contributed by atoms with Crippen LogP contribution in [0.25, 0.3) is 0 Å². The van der Waals surface area contributed by atoms with Crippen molar-refractivity contribution in [2.24, 2.45) is 0 Å². The average Bonchev–Trinajstić information content (AvgIpc) is 3.04. The summed E-state index contributed by atoms with van der Waals surface area (Å²) in [6.45, 7) is 1.15. The van der Waals surface area contributed by atoms with Crippen molar-refractivity contribution in [3.05, 3.63) is 52.2 Å². The molecule has 1 atom stereocenters. The maximum atomic E-state index is 12.0. The van der Waals surface area contributed by atoms with E-state index in [1.807, 2.05) is 17.5 Å². The summed E-state index contributed by atoms with van der Waals surface area (Å²) in [5.74, 6) is -1.34. The van der Waals surface area contributed by atoms with Crippen LogP contribution in [0, 0.1) is 0 Å². The van der Waals surface area contributed by atoms with Gasteiger partial charge in [-0.15, -0.1) is 11.3 Å². The number of rotatable bonds is 7. The molecular weight excluding hydrogens is 318 g/mol. The number of amides is 1. The molecule has 3 N–H and O–H groups in total. The molecule has 2 rings (SSSR count). The van der Waals surface area contributed by atoms with Crippen LogP contribution in [0.4, 0.5) is 0 Å². The Morgan fingerprint density at radius 1 is 1.30 bits per heavy atom. The molecule has 2 aromatic rings. The van der Waals surface area contributed by atoms with E-state index >= 15 is 0 Å². The van der Waals surface area contributed by atoms with Gasteiger partial charge in [0.25, 0.3) is 5.91 Å². The second-order valence-electron chi connectivity index (χ2n) is 5.16. The standard InChI is InChI=1S/C16H17NO5S/c1-16(21,15(19)20)10-17-14(18)11-4-2-5-12(8-11)22-9-13-6-3-7-23-13/h2-8,21H,9-10H2,1H3,(H,17,18)(H,19,20). The van der Waals surface area contributed by atoms with Crippen LogP contribution in [0.5, 0.6) is 5.75 Å². The van der Waals surface area contributed by atoms with Crippen LogP contribution in [0.2, 0.25) is 0 Å². The Kier molecular flexibility index (Phi) is 5.36. The SMILES string of the molecule is CC(O)(CNC(=O)c1cccc(OCc2cccs2)c1)C(=O)O. The van der Waals surface area contributed by atoms with Crippen molar-refractivity contribution in [3.8, 4) is 5.75 Å². The van der Waals surface area contributed by atoms with E-state index in [0.29, 0.717) is 17.9 Å². The van der Waals surface area contributed by atoms with Gasteiger partial charge in [-0.3, -0.25) is 4.79 Å². The highest BCUT2D eigenvalue weighted by Crippen LogP contribution is 2.17. The molecule has 6 nitrogen and oxygen atoms in total. The van der Waals surface area contributed by atoms with Gasteiger partial charge in [0, 0.05) is 10.4 Å². The molecule has 1 unspecified atom stereocenters. The van der Waals surface area contributed by atoms with Gasteiger partial charge in [0.15, 0.2) is 5.60 Å². The summed E-state index contributed by atoms with van der Waals surface area (Å²) in [4.78, 5) is 23.9. The third-order valence-electron chi connectivity index (χ3n) is 3.11. The number of nitrogens with one attached hydrogen (secondary N) is 1. The van der Waals surface area contributed by atoms with Crippen LogP contribution < -0.4 is 10.1 Å². The van der Waals surface area contributed by atoms with Gasteiger partial charge in [-0.1, -0.05) is 12.1 Å². The molecule has 122 valence electrons. The van der Waals surface area contributed by atoms with Gasteiger partial charge in [-0.25, -0.2) is 4.79 Å². The number of benzene rings is 1. The molecule has 1 amide bonds. The Morgan fingerprint density at radius 2 is 2.09 bits per heavy atom. The van der Waals surface area contributed by atoms with Crippen molar-refractivity contribution < 1.29 is 24.5 Å². The van der Waals surface area contributed by atoms with Crippen molar-refractivity contribution in [2.75, 3.05) is 6.54 Å². The minimum Gasteiger partial charge on any atom is -0.488 e. The van der Waals surface area contributed by atoms with Gasteiger partial charge in [-0.05, 0) is 36.6 Å². The van der Waals surface area contributed by atoms with E-state index in [2.05, 4.69) is 5.32 Å². The zero-order chi connectivity index (χ0) is 16.9. The molecule has 0 saturated heterocycles. The quantitative estimate of drug-likeness (QED) is 0.718. The lowest BCUT2D eigenvalue weighted by Gasteiger charge is -2.18. The highest BCUT2D eigenvalue weighted by atomic mass is 32.1. The molecular formula is C16H17NO5S. The summed E-state index contributed by atoms with van der Waals surface area (Å²) >= 11 is 1.58. The number of thiophene rings is 1. The maximum absolute atomic E-state index is 12.0. The Balaban J connectivity index is 1.95. The first-order valence-corrected chi connectivity index (χ1v) is 7.76. The van der Waals surface area contributed by atoms with Gasteiger partial charge < -0.3 is 20.3 Å². The number of ether oxygens (including phenoxy) is 1. The molecule has 0 radical (unpaired) electrons. The van der Waals surface area contributed by atoms with E-state index < -0.39 is 17.5 Å². The number of hydrogen-bond donors (Lipinski definition) is 3. The fraction of sp³-hybridized carbons (Fsp3) is 0.250. The minimum absolute atomic E-state index is 0.329. The zero-order valence-electron chi connectivity index (χ0n) is 12.5. The smallest absolute Gasteiger partial charge is 0.337 e. The lowest BCUT2D eigenvalue weighted by molar-refractivity contribution is -0.155. The normalized spacial score (nSPS) is 13.1. The first kappa shape index (κ1) is 17.0. The molecule has 0 spiro atoms. The lowest BCUT2D eigenvalue weighted by atomic mass is 10.1. The number of carboxylic acid groups (broad SMARTS) is 1. The molecule has 1 aromatic heterocycles. The van der Waals surface area contributed by atoms with Crippen molar-refractivity contribution in [2.45, 2.75) is 19.1 Å². The van der Waals surface area contributed by atoms with Crippen LogP contribution in [-0.4, -0.2) is 34.2 Å². The molecule has 0 bridgehead atoms. The highest BCUT2D eigenvalue weighted by Gasteiger charge is 2.30. The summed E-state index contributed by atoms with van der Waals surface area (Å²) in [6.07, 6.45) is 0. The van der Waals surface area contributed by atoms with Gasteiger partial charge in [0.2, 0.25) is 0 Å². The number of carbonyl (C=O) groups is 2. The van der Waals surface area contributed by atoms with Crippen molar-refractivity contribution in [1.82, 2.24) is 5.32 Å². The molecule has 0 aliphatic rings. The Hall–Kier alpha value is -2.38. The van der Waals surface area contributed by atoms with Crippen LogP contribution in [0.15, 0.2) is 41.8 Å². The van der Waals surface area contributed by atoms with Crippen molar-refractivity contribution >= 4 is 23.2 Å². The summed E-state index contributed by atoms with van der Waals surface area (Å²) in [5, 5.41) is 22.8. The Morgan fingerprint density at radius 3 is 2.74 bits per heavy atom. The van der Waals surface area contributed by atoms with E-state index in [1.54, 1.807) is 35.6 Å². The van der Waals surface area contributed by atoms with Gasteiger partial charge in [0.05, 0.1) is 6.54 Å². The average molecular weight is 335 g/mol. The molecule has 0 fully saturated rings. The number of aliphatic carboxylic acids is 1. The predicted octanol–water partition coefficient (Wildman–Crippen LogP) is 1.89. The van der Waals surface area contributed by atoms with Crippen LogP contribution in [-0.2, 0) is 11.4 Å². The molecule has 0 saturated carbocycles. The predicted molar refractivity (Wildman–Crippen MR) is 85.7 cm³/mol. The summed E-state index contributed by atoms with van der Waals surface area (Å²) in [7, 11) is 0. The first-order valence-electron chi connectivity index (χ1n) is 6.88. The van der Waals surface area contributed by atoms with Crippen LogP contribution in [0.1, 0.15) is 22.2 Å². The van der Waals surface area contributed by atoms with E-state index in [4.69, 9.17) is 9.84 Å². The molecule has 7 heteroatoms. The Bertz CT molecular complexity index is 682. The largest absolute Gasteiger partial charge is 0.488 e. The monoisotopic (exact) mass is 335 g/mol. The molecule has 0 aliphatic heterocycles. The van der Waals surface area contributed by atoms with Crippen LogP contribution >= 0.6 is 11.3 Å². The third-order valence-corrected chi connectivity index (χ3v) is 3.96. The molecule has 0 aliphatic carbocycles. The maximum Gasteiger partial charge on any atom is 0.337 e. The zero-order valence-corrected chi connectivity index (χ0v) is 13.3. The minimum atomic E-state index is -2.01. The highest BCUT2D eigenvalue weighted by molar-refractivity contribution is 7.09. The topological polar surface area (TPSA) is 95.9 Å². The second kappa shape index (κ2) is 7.26. The van der Waals surface area contributed by atoms with E-state index in [0.717, 1.165) is 11.8 Å². The molecule has 23 heavy (non-hydrogen) atoms. The fourth-order valence-electron chi connectivity index (χ4n) is 1.71. The van der Waals surface area contributed by atoms with Gasteiger partial charge >= 0.3 is 5.97 Å². The molecule has 1 heterocycles. The van der Waals surface area contributed by atoms with Crippen molar-refractivity contribution in [1.29, 1.82) is 0 Å². The fourth-order valence-corrected chi connectivity index (χ4v) is 2.32. The summed E-state index contributed by atoms with van der Waals surface area (Å²) in [6, 6.07) is 10.4.